The van der Waals surface area contributed by atoms with Crippen molar-refractivity contribution >= 4 is 24.2 Å². The van der Waals surface area contributed by atoms with E-state index in [-0.39, 0.29) is 5.91 Å². The van der Waals surface area contributed by atoms with E-state index in [4.69, 9.17) is 4.74 Å². The smallest absolute Gasteiger partial charge is 0.265 e. The Kier molecular flexibility index (Phi) is 1.92. The van der Waals surface area contributed by atoms with Gasteiger partial charge in [-0.15, -0.1) is 12.6 Å². The fraction of sp³-hybridized carbons (Fsp3) is 0.222. The maximum absolute atomic E-state index is 11.2. The minimum Gasteiger partial charge on any atom is -0.479 e. The van der Waals surface area contributed by atoms with Gasteiger partial charge in [-0.1, -0.05) is 0 Å². The Balaban J connectivity index is 2.42. The summed E-state index contributed by atoms with van der Waals surface area (Å²) < 4.78 is 5.35. The van der Waals surface area contributed by atoms with Crippen molar-refractivity contribution in [1.82, 2.24) is 0 Å². The summed E-state index contributed by atoms with van der Waals surface area (Å²) in [6, 6.07) is 5.39. The third-order valence-corrected chi connectivity index (χ3v) is 2.17. The molecule has 0 radical (unpaired) electrons. The lowest BCUT2D eigenvalue weighted by atomic mass is 10.2. The van der Waals surface area contributed by atoms with Crippen LogP contribution in [0.4, 0.5) is 5.69 Å². The second kappa shape index (κ2) is 2.96. The number of benzene rings is 1. The number of carbonyl (C=O) groups excluding carboxylic acids is 1. The predicted octanol–water partition coefficient (Wildman–Crippen LogP) is 1.69. The van der Waals surface area contributed by atoms with Crippen molar-refractivity contribution in [2.45, 2.75) is 17.9 Å². The molecule has 3 nitrogen and oxygen atoms in total. The number of carbonyl (C=O) groups is 1. The van der Waals surface area contributed by atoms with Gasteiger partial charge in [0.15, 0.2) is 6.10 Å². The largest absolute Gasteiger partial charge is 0.479 e. The summed E-state index contributed by atoms with van der Waals surface area (Å²) in [5.74, 6) is 0.580. The molecule has 0 aliphatic carbocycles. The van der Waals surface area contributed by atoms with E-state index in [1.807, 2.05) is 6.07 Å². The molecule has 1 heterocycles. The van der Waals surface area contributed by atoms with Crippen molar-refractivity contribution in [3.8, 4) is 5.75 Å². The van der Waals surface area contributed by atoms with Crippen LogP contribution in [0.15, 0.2) is 23.1 Å². The SMILES string of the molecule is CC1Oc2ccc(S)cc2NC1=O. The Morgan fingerprint density at radius 2 is 2.31 bits per heavy atom. The van der Waals surface area contributed by atoms with Crippen LogP contribution in [0.2, 0.25) is 0 Å². The predicted molar refractivity (Wildman–Crippen MR) is 52.4 cm³/mol. The van der Waals surface area contributed by atoms with Crippen LogP contribution in [0.25, 0.3) is 0 Å². The van der Waals surface area contributed by atoms with Gasteiger partial charge in [-0.2, -0.15) is 0 Å². The average Bonchev–Trinajstić information content (AvgIpc) is 2.08. The molecule has 0 fully saturated rings. The molecular formula is C9H9NO2S. The molecule has 0 bridgehead atoms. The number of thiol groups is 1. The van der Waals surface area contributed by atoms with Gasteiger partial charge in [-0.25, -0.2) is 0 Å². The molecule has 1 unspecified atom stereocenters. The second-order valence-electron chi connectivity index (χ2n) is 2.93. The lowest BCUT2D eigenvalue weighted by Crippen LogP contribution is -2.34. The Morgan fingerprint density at radius 1 is 1.54 bits per heavy atom. The minimum absolute atomic E-state index is 0.119. The molecule has 0 saturated carbocycles. The number of fused-ring (bicyclic) bond motifs is 1. The van der Waals surface area contributed by atoms with Gasteiger partial charge in [0, 0.05) is 4.90 Å². The Labute approximate surface area is 81.5 Å². The zero-order valence-electron chi connectivity index (χ0n) is 7.07. The molecule has 4 heteroatoms. The molecule has 13 heavy (non-hydrogen) atoms. The van der Waals surface area contributed by atoms with E-state index in [2.05, 4.69) is 17.9 Å². The van der Waals surface area contributed by atoms with E-state index >= 15 is 0 Å². The Bertz CT molecular complexity index is 365. The van der Waals surface area contributed by atoms with Crippen LogP contribution in [0.1, 0.15) is 6.92 Å². The van der Waals surface area contributed by atoms with Gasteiger partial charge < -0.3 is 10.1 Å². The highest BCUT2D eigenvalue weighted by Gasteiger charge is 2.22. The number of hydrogen-bond donors (Lipinski definition) is 2. The molecule has 68 valence electrons. The fourth-order valence-corrected chi connectivity index (χ4v) is 1.40. The van der Waals surface area contributed by atoms with Crippen LogP contribution >= 0.6 is 12.6 Å². The maximum atomic E-state index is 11.2. The van der Waals surface area contributed by atoms with E-state index < -0.39 is 6.10 Å². The van der Waals surface area contributed by atoms with E-state index in [0.29, 0.717) is 11.4 Å². The highest BCUT2D eigenvalue weighted by Crippen LogP contribution is 2.31. The highest BCUT2D eigenvalue weighted by atomic mass is 32.1. The monoisotopic (exact) mass is 195 g/mol. The summed E-state index contributed by atoms with van der Waals surface area (Å²) in [6.45, 7) is 1.72. The highest BCUT2D eigenvalue weighted by molar-refractivity contribution is 7.80. The molecule has 1 aliphatic rings. The van der Waals surface area contributed by atoms with Crippen LogP contribution in [-0.4, -0.2) is 12.0 Å². The summed E-state index contributed by atoms with van der Waals surface area (Å²) in [5, 5.41) is 2.74. The van der Waals surface area contributed by atoms with Crippen molar-refractivity contribution in [1.29, 1.82) is 0 Å². The van der Waals surface area contributed by atoms with Crippen LogP contribution in [0.5, 0.6) is 5.75 Å². The number of rotatable bonds is 0. The summed E-state index contributed by atoms with van der Waals surface area (Å²) >= 11 is 4.16. The summed E-state index contributed by atoms with van der Waals surface area (Å²) in [7, 11) is 0. The topological polar surface area (TPSA) is 38.3 Å². The number of amides is 1. The molecule has 1 N–H and O–H groups in total. The van der Waals surface area contributed by atoms with Gasteiger partial charge in [0.1, 0.15) is 5.75 Å². The van der Waals surface area contributed by atoms with Crippen LogP contribution in [-0.2, 0) is 4.79 Å². The number of nitrogens with one attached hydrogen (secondary N) is 1. The third kappa shape index (κ3) is 1.49. The first-order valence-electron chi connectivity index (χ1n) is 3.97. The molecule has 1 aliphatic heterocycles. The molecule has 1 aromatic carbocycles. The first kappa shape index (κ1) is 8.44. The molecule has 1 amide bonds. The van der Waals surface area contributed by atoms with Crippen molar-refractivity contribution in [2.75, 3.05) is 5.32 Å². The quantitative estimate of drug-likeness (QED) is 0.618. The molecular weight excluding hydrogens is 186 g/mol. The van der Waals surface area contributed by atoms with E-state index in [1.54, 1.807) is 19.1 Å². The van der Waals surface area contributed by atoms with Gasteiger partial charge in [0.05, 0.1) is 5.69 Å². The normalized spacial score (nSPS) is 20.2. The molecule has 0 saturated heterocycles. The summed E-state index contributed by atoms with van der Waals surface area (Å²) in [5.41, 5.74) is 0.690. The van der Waals surface area contributed by atoms with Gasteiger partial charge >= 0.3 is 0 Å². The van der Waals surface area contributed by atoms with Gasteiger partial charge in [-0.05, 0) is 25.1 Å². The van der Waals surface area contributed by atoms with Gasteiger partial charge in [0.2, 0.25) is 0 Å². The summed E-state index contributed by atoms with van der Waals surface area (Å²) in [6.07, 6.45) is -0.418. The van der Waals surface area contributed by atoms with Crippen molar-refractivity contribution in [2.24, 2.45) is 0 Å². The van der Waals surface area contributed by atoms with Crippen molar-refractivity contribution in [3.05, 3.63) is 18.2 Å². The lowest BCUT2D eigenvalue weighted by Gasteiger charge is -2.23. The van der Waals surface area contributed by atoms with Crippen molar-refractivity contribution in [3.63, 3.8) is 0 Å². The molecule has 0 spiro atoms. The van der Waals surface area contributed by atoms with Crippen LogP contribution in [0.3, 0.4) is 0 Å². The van der Waals surface area contributed by atoms with Gasteiger partial charge in [-0.3, -0.25) is 4.79 Å². The zero-order valence-corrected chi connectivity index (χ0v) is 7.97. The van der Waals surface area contributed by atoms with E-state index in [1.165, 1.54) is 0 Å². The molecule has 0 aromatic heterocycles. The van der Waals surface area contributed by atoms with E-state index in [9.17, 15) is 4.79 Å². The first-order chi connectivity index (χ1) is 6.16. The summed E-state index contributed by atoms with van der Waals surface area (Å²) in [4.78, 5) is 12.0. The second-order valence-corrected chi connectivity index (χ2v) is 3.45. The van der Waals surface area contributed by atoms with E-state index in [0.717, 1.165) is 4.90 Å². The number of anilines is 1. The Hall–Kier alpha value is -1.16. The molecule has 1 atom stereocenters. The third-order valence-electron chi connectivity index (χ3n) is 1.89. The zero-order chi connectivity index (χ0) is 9.42. The molecule has 1 aromatic rings. The average molecular weight is 195 g/mol. The first-order valence-corrected chi connectivity index (χ1v) is 4.42. The number of ether oxygens (including phenoxy) is 1. The molecule has 2 rings (SSSR count). The lowest BCUT2D eigenvalue weighted by molar-refractivity contribution is -0.122. The maximum Gasteiger partial charge on any atom is 0.265 e. The number of hydrogen-bond acceptors (Lipinski definition) is 3. The fourth-order valence-electron chi connectivity index (χ4n) is 1.20. The standard InChI is InChI=1S/C9H9NO2S/c1-5-9(11)10-7-4-6(13)2-3-8(7)12-5/h2-5,13H,1H3,(H,10,11). The van der Waals surface area contributed by atoms with Crippen LogP contribution in [0, 0.1) is 0 Å². The van der Waals surface area contributed by atoms with Gasteiger partial charge in [0.25, 0.3) is 5.91 Å². The minimum atomic E-state index is -0.418. The van der Waals surface area contributed by atoms with Crippen LogP contribution < -0.4 is 10.1 Å². The van der Waals surface area contributed by atoms with Crippen molar-refractivity contribution < 1.29 is 9.53 Å². The Morgan fingerprint density at radius 3 is 3.08 bits per heavy atom.